The molecule has 0 fully saturated rings. The van der Waals surface area contributed by atoms with Crippen LogP contribution in [0.5, 0.6) is 0 Å². The van der Waals surface area contributed by atoms with Crippen molar-refractivity contribution >= 4 is 11.8 Å². The van der Waals surface area contributed by atoms with Gasteiger partial charge in [0, 0.05) is 5.75 Å². The molecular weight excluding hydrogens is 341 g/mol. The Labute approximate surface area is 149 Å². The molecule has 0 aliphatic rings. The number of hydrogen-bond donors (Lipinski definition) is 0. The molecule has 0 aliphatic carbocycles. The molecular formula is C21H17F3S. The monoisotopic (exact) mass is 358 g/mol. The first kappa shape index (κ1) is 17.6. The predicted molar refractivity (Wildman–Crippen MR) is 98.4 cm³/mol. The van der Waals surface area contributed by atoms with E-state index in [0.717, 1.165) is 28.5 Å². The molecule has 0 aromatic heterocycles. The van der Waals surface area contributed by atoms with E-state index in [9.17, 15) is 13.2 Å². The fourth-order valence-electron chi connectivity index (χ4n) is 2.61. The van der Waals surface area contributed by atoms with Gasteiger partial charge in [0.25, 0.3) is 0 Å². The van der Waals surface area contributed by atoms with Gasteiger partial charge in [-0.1, -0.05) is 84.9 Å². The summed E-state index contributed by atoms with van der Waals surface area (Å²) in [5.41, 5.74) is 3.09. The molecule has 0 bridgehead atoms. The molecule has 3 rings (SSSR count). The Morgan fingerprint density at radius 2 is 1.20 bits per heavy atom. The number of halogens is 3. The average Bonchev–Trinajstić information content (AvgIpc) is 2.63. The van der Waals surface area contributed by atoms with Gasteiger partial charge in [-0.05, 0) is 22.3 Å². The van der Waals surface area contributed by atoms with Gasteiger partial charge in [-0.15, -0.1) is 11.8 Å². The normalized spacial score (nSPS) is 12.8. The van der Waals surface area contributed by atoms with Crippen LogP contribution in [0, 0.1) is 0 Å². The van der Waals surface area contributed by atoms with Crippen LogP contribution in [0.4, 0.5) is 13.2 Å². The van der Waals surface area contributed by atoms with Gasteiger partial charge in [-0.3, -0.25) is 0 Å². The molecule has 0 saturated carbocycles. The summed E-state index contributed by atoms with van der Waals surface area (Å²) in [6.07, 6.45) is -4.28. The fraction of sp³-hybridized carbons (Fsp3) is 0.143. The maximum absolute atomic E-state index is 13.5. The average molecular weight is 358 g/mol. The Bertz CT molecular complexity index is 781. The van der Waals surface area contributed by atoms with E-state index in [4.69, 9.17) is 0 Å². The van der Waals surface area contributed by atoms with E-state index >= 15 is 0 Å². The van der Waals surface area contributed by atoms with Crippen molar-refractivity contribution in [2.45, 2.75) is 17.2 Å². The Balaban J connectivity index is 1.79. The first-order chi connectivity index (χ1) is 12.0. The van der Waals surface area contributed by atoms with Crippen molar-refractivity contribution in [2.24, 2.45) is 0 Å². The highest BCUT2D eigenvalue weighted by Crippen LogP contribution is 2.44. The molecule has 0 nitrogen and oxygen atoms in total. The summed E-state index contributed by atoms with van der Waals surface area (Å²) in [4.78, 5) is 0. The first-order valence-corrected chi connectivity index (χ1v) is 8.96. The number of thioether (sulfide) groups is 1. The van der Waals surface area contributed by atoms with Crippen molar-refractivity contribution in [1.82, 2.24) is 0 Å². The third kappa shape index (κ3) is 4.67. The molecule has 0 radical (unpaired) electrons. The molecule has 3 aromatic rings. The molecule has 25 heavy (non-hydrogen) atoms. The van der Waals surface area contributed by atoms with Gasteiger partial charge in [0.05, 0.1) is 0 Å². The quantitative estimate of drug-likeness (QED) is 0.478. The molecule has 3 aromatic carbocycles. The number of hydrogen-bond acceptors (Lipinski definition) is 1. The van der Waals surface area contributed by atoms with Crippen LogP contribution in [-0.4, -0.2) is 6.18 Å². The molecule has 128 valence electrons. The largest absolute Gasteiger partial charge is 0.404 e. The third-order valence-corrected chi connectivity index (χ3v) is 5.25. The maximum Gasteiger partial charge on any atom is 0.404 e. The van der Waals surface area contributed by atoms with Crippen molar-refractivity contribution in [1.29, 1.82) is 0 Å². The van der Waals surface area contributed by atoms with Gasteiger partial charge >= 0.3 is 6.18 Å². The molecule has 4 heteroatoms. The lowest BCUT2D eigenvalue weighted by Gasteiger charge is -2.20. The van der Waals surface area contributed by atoms with E-state index in [0.29, 0.717) is 5.75 Å². The summed E-state index contributed by atoms with van der Waals surface area (Å²) in [6.45, 7) is 0. The van der Waals surface area contributed by atoms with E-state index in [1.807, 2.05) is 60.7 Å². The molecule has 0 unspecified atom stereocenters. The van der Waals surface area contributed by atoms with E-state index in [1.54, 1.807) is 24.3 Å². The minimum atomic E-state index is -4.28. The molecule has 0 amide bonds. The lowest BCUT2D eigenvalue weighted by atomic mass is 10.0. The molecule has 0 N–H and O–H groups in total. The summed E-state index contributed by atoms with van der Waals surface area (Å²) < 4.78 is 40.5. The molecule has 0 spiro atoms. The third-order valence-electron chi connectivity index (χ3n) is 3.88. The van der Waals surface area contributed by atoms with Gasteiger partial charge in [0.15, 0.2) is 0 Å². The minimum Gasteiger partial charge on any atom is -0.169 e. The zero-order chi connectivity index (χ0) is 17.7. The van der Waals surface area contributed by atoms with Crippen LogP contribution in [0.1, 0.15) is 16.4 Å². The van der Waals surface area contributed by atoms with Crippen LogP contribution < -0.4 is 0 Å². The van der Waals surface area contributed by atoms with E-state index in [-0.39, 0.29) is 5.56 Å². The molecule has 0 aliphatic heterocycles. The number of rotatable bonds is 5. The van der Waals surface area contributed by atoms with Gasteiger partial charge < -0.3 is 0 Å². The van der Waals surface area contributed by atoms with E-state index in [2.05, 4.69) is 0 Å². The summed E-state index contributed by atoms with van der Waals surface area (Å²) in [6, 6.07) is 25.5. The smallest absolute Gasteiger partial charge is 0.169 e. The second-order valence-electron chi connectivity index (χ2n) is 5.71. The Morgan fingerprint density at radius 3 is 1.76 bits per heavy atom. The standard InChI is InChI=1S/C21H17F3S/c22-21(23,24)20(25-15-16-7-3-1-4-8-16)19-13-11-18(12-14-19)17-9-5-2-6-10-17/h1-14,20H,15H2/t20-/m1/s1. The van der Waals surface area contributed by atoms with Crippen molar-refractivity contribution in [3.8, 4) is 11.1 Å². The minimum absolute atomic E-state index is 0.285. The van der Waals surface area contributed by atoms with Crippen LogP contribution >= 0.6 is 11.8 Å². The summed E-state index contributed by atoms with van der Waals surface area (Å²) >= 11 is 0.911. The van der Waals surface area contributed by atoms with E-state index in [1.165, 1.54) is 0 Å². The van der Waals surface area contributed by atoms with E-state index < -0.39 is 11.4 Å². The van der Waals surface area contributed by atoms with Crippen molar-refractivity contribution in [2.75, 3.05) is 0 Å². The van der Waals surface area contributed by atoms with Crippen LogP contribution in [0.25, 0.3) is 11.1 Å². The van der Waals surface area contributed by atoms with Gasteiger partial charge in [0.1, 0.15) is 5.25 Å². The highest BCUT2D eigenvalue weighted by atomic mass is 32.2. The first-order valence-electron chi connectivity index (χ1n) is 7.91. The topological polar surface area (TPSA) is 0 Å². The fourth-order valence-corrected chi connectivity index (χ4v) is 3.70. The van der Waals surface area contributed by atoms with Crippen LogP contribution in [0.3, 0.4) is 0 Å². The van der Waals surface area contributed by atoms with Crippen LogP contribution in [0.2, 0.25) is 0 Å². The Hall–Kier alpha value is -2.20. The lowest BCUT2D eigenvalue weighted by molar-refractivity contribution is -0.129. The lowest BCUT2D eigenvalue weighted by Crippen LogP contribution is -2.18. The van der Waals surface area contributed by atoms with Crippen LogP contribution in [-0.2, 0) is 5.75 Å². The van der Waals surface area contributed by atoms with Gasteiger partial charge in [0.2, 0.25) is 0 Å². The highest BCUT2D eigenvalue weighted by Gasteiger charge is 2.41. The predicted octanol–water partition coefficient (Wildman–Crippen LogP) is 6.89. The van der Waals surface area contributed by atoms with Gasteiger partial charge in [-0.2, -0.15) is 13.2 Å². The summed E-state index contributed by atoms with van der Waals surface area (Å²) in [7, 11) is 0. The Morgan fingerprint density at radius 1 is 0.680 bits per heavy atom. The van der Waals surface area contributed by atoms with Gasteiger partial charge in [-0.25, -0.2) is 0 Å². The second kappa shape index (κ2) is 7.79. The SMILES string of the molecule is FC(F)(F)[C@H](SCc1ccccc1)c1ccc(-c2ccccc2)cc1. The molecule has 1 atom stereocenters. The maximum atomic E-state index is 13.5. The second-order valence-corrected chi connectivity index (χ2v) is 6.80. The zero-order valence-corrected chi connectivity index (χ0v) is 14.2. The van der Waals surface area contributed by atoms with Crippen molar-refractivity contribution < 1.29 is 13.2 Å². The number of alkyl halides is 3. The summed E-state index contributed by atoms with van der Waals surface area (Å²) in [5, 5.41) is -1.53. The highest BCUT2D eigenvalue weighted by molar-refractivity contribution is 7.98. The van der Waals surface area contributed by atoms with Crippen LogP contribution in [0.15, 0.2) is 84.9 Å². The molecule has 0 heterocycles. The Kier molecular flexibility index (Phi) is 5.49. The van der Waals surface area contributed by atoms with Crippen molar-refractivity contribution in [3.63, 3.8) is 0 Å². The number of benzene rings is 3. The van der Waals surface area contributed by atoms with Crippen molar-refractivity contribution in [3.05, 3.63) is 96.1 Å². The molecule has 0 saturated heterocycles. The zero-order valence-electron chi connectivity index (χ0n) is 13.4. The summed E-state index contributed by atoms with van der Waals surface area (Å²) in [5.74, 6) is 0.325.